The minimum Gasteiger partial charge on any atom is -0.368 e. The minimum absolute atomic E-state index is 0.0452. The number of carbonyl (C=O) groups excluding carboxylic acids is 1. The maximum absolute atomic E-state index is 13.9. The zero-order valence-electron chi connectivity index (χ0n) is 23.7. The first-order valence-corrected chi connectivity index (χ1v) is 14.1. The number of fused-ring (bicyclic) bond motifs is 1. The lowest BCUT2D eigenvalue weighted by atomic mass is 9.85. The summed E-state index contributed by atoms with van der Waals surface area (Å²) < 4.78 is 101. The summed E-state index contributed by atoms with van der Waals surface area (Å²) in [4.78, 5) is 15.1. The van der Waals surface area contributed by atoms with E-state index in [1.807, 2.05) is 36.4 Å². The SMILES string of the molecule is C[C@@H](OC1CN2C(=O)CC(c3ccc(-c4ccn[nH]4)cc3)=CC2[C@@H]1c1ccc(F)cc1)c1cc(C(F)(F)F)cc(C(F)(F)F)c1. The van der Waals surface area contributed by atoms with Gasteiger partial charge in [-0.05, 0) is 71.1 Å². The van der Waals surface area contributed by atoms with Crippen LogP contribution in [0.4, 0.5) is 30.7 Å². The quantitative estimate of drug-likeness (QED) is 0.219. The van der Waals surface area contributed by atoms with Gasteiger partial charge in [-0.1, -0.05) is 42.5 Å². The third-order valence-corrected chi connectivity index (χ3v) is 8.32. The van der Waals surface area contributed by atoms with Crippen LogP contribution in [0.3, 0.4) is 0 Å². The Morgan fingerprint density at radius 1 is 0.889 bits per heavy atom. The molecule has 2 aliphatic heterocycles. The Labute approximate surface area is 253 Å². The van der Waals surface area contributed by atoms with Gasteiger partial charge < -0.3 is 9.64 Å². The van der Waals surface area contributed by atoms with Crippen LogP contribution in [-0.4, -0.2) is 39.7 Å². The highest BCUT2D eigenvalue weighted by molar-refractivity contribution is 5.92. The summed E-state index contributed by atoms with van der Waals surface area (Å²) in [7, 11) is 0. The summed E-state index contributed by atoms with van der Waals surface area (Å²) in [5.41, 5.74) is 0.713. The first-order valence-electron chi connectivity index (χ1n) is 14.1. The number of benzene rings is 3. The van der Waals surface area contributed by atoms with Gasteiger partial charge in [0.25, 0.3) is 0 Å². The van der Waals surface area contributed by atoms with E-state index >= 15 is 0 Å². The van der Waals surface area contributed by atoms with Gasteiger partial charge in [-0.25, -0.2) is 4.39 Å². The van der Waals surface area contributed by atoms with Gasteiger partial charge in [0.2, 0.25) is 5.91 Å². The Morgan fingerprint density at radius 3 is 2.09 bits per heavy atom. The van der Waals surface area contributed by atoms with Crippen molar-refractivity contribution in [3.8, 4) is 11.3 Å². The van der Waals surface area contributed by atoms with Crippen LogP contribution in [0.1, 0.15) is 53.2 Å². The molecule has 12 heteroatoms. The standard InChI is InChI=1S/C33H26F7N3O2/c1-18(22-12-24(32(35,36)37)16-25(13-22)33(38,39)40)45-29-17-43-28(31(29)21-6-8-26(34)9-7-21)14-23(15-30(43)44)19-2-4-20(5-3-19)27-10-11-41-42-27/h2-14,16,18,28-29,31H,15,17H2,1H3,(H,41,42)/t18-,28?,29?,31+/m1/s1. The molecule has 1 N–H and O–H groups in total. The molecule has 0 spiro atoms. The molecule has 45 heavy (non-hydrogen) atoms. The molecule has 1 saturated heterocycles. The number of carbonyl (C=O) groups is 1. The van der Waals surface area contributed by atoms with Gasteiger partial charge in [-0.2, -0.15) is 31.4 Å². The molecule has 234 valence electrons. The van der Waals surface area contributed by atoms with Crippen LogP contribution in [0, 0.1) is 5.82 Å². The van der Waals surface area contributed by atoms with Crippen LogP contribution in [-0.2, 0) is 21.9 Å². The fourth-order valence-electron chi connectivity index (χ4n) is 6.09. The minimum atomic E-state index is -5.01. The molecule has 3 heterocycles. The summed E-state index contributed by atoms with van der Waals surface area (Å²) in [6, 6.07) is 15.8. The molecule has 0 radical (unpaired) electrons. The lowest BCUT2D eigenvalue weighted by Gasteiger charge is -2.31. The molecule has 2 unspecified atom stereocenters. The van der Waals surface area contributed by atoms with E-state index in [2.05, 4.69) is 10.2 Å². The molecule has 5 nitrogen and oxygen atoms in total. The Morgan fingerprint density at radius 2 is 1.51 bits per heavy atom. The van der Waals surface area contributed by atoms with Crippen LogP contribution >= 0.6 is 0 Å². The van der Waals surface area contributed by atoms with Crippen molar-refractivity contribution in [2.24, 2.45) is 0 Å². The zero-order valence-corrected chi connectivity index (χ0v) is 23.7. The van der Waals surface area contributed by atoms with Gasteiger partial charge in [0, 0.05) is 18.7 Å². The molecule has 0 bridgehead atoms. The lowest BCUT2D eigenvalue weighted by Crippen LogP contribution is -2.39. The molecule has 1 fully saturated rings. The zero-order chi connectivity index (χ0) is 32.1. The van der Waals surface area contributed by atoms with Crippen molar-refractivity contribution in [2.45, 2.75) is 49.9 Å². The second kappa shape index (κ2) is 11.5. The van der Waals surface area contributed by atoms with Crippen molar-refractivity contribution in [1.29, 1.82) is 0 Å². The summed E-state index contributed by atoms with van der Waals surface area (Å²) in [6.45, 7) is 1.42. The molecule has 6 rings (SSSR count). The van der Waals surface area contributed by atoms with Crippen molar-refractivity contribution in [3.63, 3.8) is 0 Å². The number of nitrogens with one attached hydrogen (secondary N) is 1. The van der Waals surface area contributed by atoms with Crippen LogP contribution < -0.4 is 0 Å². The average Bonchev–Trinajstić information content (AvgIpc) is 3.66. The van der Waals surface area contributed by atoms with E-state index in [-0.39, 0.29) is 30.5 Å². The summed E-state index contributed by atoms with van der Waals surface area (Å²) in [5, 5.41) is 6.85. The summed E-state index contributed by atoms with van der Waals surface area (Å²) in [5.74, 6) is -1.28. The molecule has 0 saturated carbocycles. The maximum atomic E-state index is 13.9. The fourth-order valence-corrected chi connectivity index (χ4v) is 6.09. The molecule has 1 amide bonds. The number of ether oxygens (including phenoxy) is 1. The molecule has 3 aromatic carbocycles. The van der Waals surface area contributed by atoms with Gasteiger partial charge >= 0.3 is 12.4 Å². The van der Waals surface area contributed by atoms with Crippen LogP contribution in [0.5, 0.6) is 0 Å². The van der Waals surface area contributed by atoms with E-state index in [1.54, 1.807) is 23.2 Å². The van der Waals surface area contributed by atoms with Crippen LogP contribution in [0.15, 0.2) is 85.1 Å². The Hall–Kier alpha value is -4.45. The number of nitrogens with zero attached hydrogens (tertiary/aromatic N) is 2. The largest absolute Gasteiger partial charge is 0.416 e. The van der Waals surface area contributed by atoms with E-state index in [0.717, 1.165) is 22.4 Å². The van der Waals surface area contributed by atoms with E-state index in [9.17, 15) is 35.5 Å². The number of hydrogen-bond donors (Lipinski definition) is 1. The molecule has 4 atom stereocenters. The second-order valence-corrected chi connectivity index (χ2v) is 11.2. The number of aromatic nitrogens is 2. The number of halogens is 7. The smallest absolute Gasteiger partial charge is 0.368 e. The topological polar surface area (TPSA) is 58.2 Å². The number of alkyl halides is 6. The number of amides is 1. The number of H-pyrrole nitrogens is 1. The molecular formula is C33H26F7N3O2. The second-order valence-electron chi connectivity index (χ2n) is 11.2. The van der Waals surface area contributed by atoms with Crippen molar-refractivity contribution < 1.29 is 40.3 Å². The number of hydrogen-bond acceptors (Lipinski definition) is 3. The van der Waals surface area contributed by atoms with E-state index in [4.69, 9.17) is 4.74 Å². The Bertz CT molecular complexity index is 1680. The fraction of sp³-hybridized carbons (Fsp3) is 0.273. The summed E-state index contributed by atoms with van der Waals surface area (Å²) in [6.07, 6.45) is -8.38. The highest BCUT2D eigenvalue weighted by atomic mass is 19.4. The number of rotatable bonds is 6. The molecule has 0 aliphatic carbocycles. The Kier molecular flexibility index (Phi) is 7.80. The monoisotopic (exact) mass is 629 g/mol. The van der Waals surface area contributed by atoms with Gasteiger partial charge in [0.1, 0.15) is 5.82 Å². The summed E-state index contributed by atoms with van der Waals surface area (Å²) >= 11 is 0. The molecule has 4 aromatic rings. The molecular weight excluding hydrogens is 603 g/mol. The Balaban J connectivity index is 1.34. The molecule has 1 aromatic heterocycles. The van der Waals surface area contributed by atoms with E-state index in [0.29, 0.717) is 17.7 Å². The average molecular weight is 630 g/mol. The molecule has 2 aliphatic rings. The van der Waals surface area contributed by atoms with Crippen LogP contribution in [0.2, 0.25) is 0 Å². The van der Waals surface area contributed by atoms with Crippen molar-refractivity contribution in [3.05, 3.63) is 119 Å². The number of aromatic amines is 1. The lowest BCUT2D eigenvalue weighted by molar-refractivity contribution is -0.143. The first-order chi connectivity index (χ1) is 21.3. The predicted octanol–water partition coefficient (Wildman–Crippen LogP) is 8.18. The maximum Gasteiger partial charge on any atom is 0.416 e. The van der Waals surface area contributed by atoms with E-state index < -0.39 is 53.5 Å². The highest BCUT2D eigenvalue weighted by Crippen LogP contribution is 2.44. The normalized spacial score (nSPS) is 21.1. The van der Waals surface area contributed by atoms with Gasteiger partial charge in [0.05, 0.1) is 41.5 Å². The van der Waals surface area contributed by atoms with Crippen LogP contribution in [0.25, 0.3) is 16.8 Å². The third kappa shape index (κ3) is 6.24. The highest BCUT2D eigenvalue weighted by Gasteiger charge is 2.47. The van der Waals surface area contributed by atoms with Gasteiger partial charge in [-0.15, -0.1) is 0 Å². The predicted molar refractivity (Wildman–Crippen MR) is 151 cm³/mol. The van der Waals surface area contributed by atoms with Crippen molar-refractivity contribution in [1.82, 2.24) is 15.1 Å². The van der Waals surface area contributed by atoms with Gasteiger partial charge in [-0.3, -0.25) is 9.89 Å². The van der Waals surface area contributed by atoms with Crippen molar-refractivity contribution in [2.75, 3.05) is 6.54 Å². The first kappa shape index (κ1) is 30.6. The van der Waals surface area contributed by atoms with Gasteiger partial charge in [0.15, 0.2) is 0 Å². The van der Waals surface area contributed by atoms with E-state index in [1.165, 1.54) is 19.1 Å². The third-order valence-electron chi connectivity index (χ3n) is 8.32. The van der Waals surface area contributed by atoms with Crippen molar-refractivity contribution >= 4 is 11.5 Å².